The lowest BCUT2D eigenvalue weighted by atomic mass is 9.95. The van der Waals surface area contributed by atoms with Crippen molar-refractivity contribution in [2.75, 3.05) is 4.90 Å². The van der Waals surface area contributed by atoms with Crippen LogP contribution in [0.4, 0.5) is 17.1 Å². The first-order chi connectivity index (χ1) is 23.8. The number of hydrogen-bond donors (Lipinski definition) is 0. The first-order valence-electron chi connectivity index (χ1n) is 16.3. The lowest BCUT2D eigenvalue weighted by Crippen LogP contribution is -2.11. The molecule has 0 aliphatic heterocycles. The summed E-state index contributed by atoms with van der Waals surface area (Å²) in [4.78, 5) is 2.44. The summed E-state index contributed by atoms with van der Waals surface area (Å²) in [5.74, 6) is 0. The van der Waals surface area contributed by atoms with Gasteiger partial charge in [0.05, 0.1) is 5.69 Å². The van der Waals surface area contributed by atoms with Crippen LogP contribution in [0.1, 0.15) is 0 Å². The van der Waals surface area contributed by atoms with Crippen molar-refractivity contribution in [1.29, 1.82) is 0 Å². The van der Waals surface area contributed by atoms with Crippen molar-refractivity contribution in [3.8, 4) is 33.4 Å². The van der Waals surface area contributed by atoms with Crippen molar-refractivity contribution in [3.63, 3.8) is 0 Å². The SMILES string of the molecule is c1ccc(-c2ccc(N(c3ccc4c(c3)sc3ccccc34)c3cc(-c4ccc5ccccc5c4)ccc3-c3ccccc3)cc2)cc1. The highest BCUT2D eigenvalue weighted by Crippen LogP contribution is 2.45. The standard InChI is InChI=1S/C46H31NS/c1-3-11-32(12-4-1)34-21-24-39(25-22-34)47(40-26-28-43-42-17-9-10-18-45(42)48-46(43)31-40)44-30-38(23-27-41(44)35-14-5-2-6-15-35)37-20-19-33-13-7-8-16-36(33)29-37/h1-31H. The van der Waals surface area contributed by atoms with Crippen LogP contribution in [0.25, 0.3) is 64.3 Å². The average Bonchev–Trinajstić information content (AvgIpc) is 3.54. The molecule has 0 N–H and O–H groups in total. The van der Waals surface area contributed by atoms with Gasteiger partial charge < -0.3 is 4.90 Å². The van der Waals surface area contributed by atoms with Crippen LogP contribution >= 0.6 is 11.3 Å². The quantitative estimate of drug-likeness (QED) is 0.177. The molecule has 0 bridgehead atoms. The summed E-state index contributed by atoms with van der Waals surface area (Å²) in [6.07, 6.45) is 0. The van der Waals surface area contributed by atoms with E-state index in [1.165, 1.54) is 64.3 Å². The highest BCUT2D eigenvalue weighted by atomic mass is 32.1. The molecule has 1 heterocycles. The summed E-state index contributed by atoms with van der Waals surface area (Å²) in [5.41, 5.74) is 10.6. The van der Waals surface area contributed by atoms with Gasteiger partial charge in [-0.25, -0.2) is 0 Å². The molecule has 9 rings (SSSR count). The van der Waals surface area contributed by atoms with Gasteiger partial charge in [-0.3, -0.25) is 0 Å². The Hall–Kier alpha value is -5.96. The van der Waals surface area contributed by atoms with Gasteiger partial charge in [-0.05, 0) is 81.1 Å². The Morgan fingerprint density at radius 1 is 0.333 bits per heavy atom. The molecule has 0 aliphatic rings. The number of hydrogen-bond acceptors (Lipinski definition) is 2. The normalized spacial score (nSPS) is 11.3. The molecule has 9 aromatic rings. The minimum absolute atomic E-state index is 1.11. The number of rotatable bonds is 6. The highest BCUT2D eigenvalue weighted by molar-refractivity contribution is 7.25. The maximum atomic E-state index is 2.44. The molecule has 48 heavy (non-hydrogen) atoms. The van der Waals surface area contributed by atoms with Crippen molar-refractivity contribution in [3.05, 3.63) is 188 Å². The van der Waals surface area contributed by atoms with Crippen LogP contribution in [0, 0.1) is 0 Å². The number of thiophene rings is 1. The molecule has 0 aliphatic carbocycles. The first kappa shape index (κ1) is 28.3. The van der Waals surface area contributed by atoms with Gasteiger partial charge in [-0.15, -0.1) is 11.3 Å². The summed E-state index contributed by atoms with van der Waals surface area (Å²) in [6, 6.07) is 68.3. The molecule has 0 unspecified atom stereocenters. The van der Waals surface area contributed by atoms with Crippen molar-refractivity contribution in [2.24, 2.45) is 0 Å². The van der Waals surface area contributed by atoms with Crippen LogP contribution in [0.5, 0.6) is 0 Å². The zero-order valence-electron chi connectivity index (χ0n) is 26.3. The Labute approximate surface area is 284 Å². The molecule has 2 heteroatoms. The third-order valence-electron chi connectivity index (χ3n) is 9.26. The average molecular weight is 630 g/mol. The smallest absolute Gasteiger partial charge is 0.0546 e. The van der Waals surface area contributed by atoms with Crippen LogP contribution in [0.2, 0.25) is 0 Å². The van der Waals surface area contributed by atoms with Gasteiger partial charge in [0, 0.05) is 37.1 Å². The van der Waals surface area contributed by atoms with Crippen molar-refractivity contribution < 1.29 is 0 Å². The second-order valence-corrected chi connectivity index (χ2v) is 13.3. The van der Waals surface area contributed by atoms with Crippen LogP contribution < -0.4 is 4.90 Å². The minimum atomic E-state index is 1.11. The van der Waals surface area contributed by atoms with E-state index in [0.29, 0.717) is 0 Å². The van der Waals surface area contributed by atoms with Crippen molar-refractivity contribution in [2.45, 2.75) is 0 Å². The molecule has 0 saturated heterocycles. The van der Waals surface area contributed by atoms with Gasteiger partial charge in [0.15, 0.2) is 0 Å². The van der Waals surface area contributed by atoms with Crippen LogP contribution in [-0.4, -0.2) is 0 Å². The fourth-order valence-corrected chi connectivity index (χ4v) is 7.98. The van der Waals surface area contributed by atoms with Gasteiger partial charge in [0.2, 0.25) is 0 Å². The third-order valence-corrected chi connectivity index (χ3v) is 10.4. The van der Waals surface area contributed by atoms with E-state index in [4.69, 9.17) is 0 Å². The van der Waals surface area contributed by atoms with Gasteiger partial charge in [-0.1, -0.05) is 146 Å². The largest absolute Gasteiger partial charge is 0.310 e. The summed E-state index contributed by atoms with van der Waals surface area (Å²) in [7, 11) is 0. The minimum Gasteiger partial charge on any atom is -0.310 e. The van der Waals surface area contributed by atoms with E-state index in [1.54, 1.807) is 0 Å². The molecular weight excluding hydrogens is 599 g/mol. The Kier molecular flexibility index (Phi) is 7.07. The maximum Gasteiger partial charge on any atom is 0.0546 e. The van der Waals surface area contributed by atoms with Crippen LogP contribution in [0.3, 0.4) is 0 Å². The van der Waals surface area contributed by atoms with Gasteiger partial charge >= 0.3 is 0 Å². The van der Waals surface area contributed by atoms with E-state index in [2.05, 4.69) is 193 Å². The summed E-state index contributed by atoms with van der Waals surface area (Å²) in [5, 5.41) is 5.10. The van der Waals surface area contributed by atoms with Crippen LogP contribution in [0.15, 0.2) is 188 Å². The van der Waals surface area contributed by atoms with E-state index < -0.39 is 0 Å². The number of anilines is 3. The Morgan fingerprint density at radius 3 is 1.73 bits per heavy atom. The fraction of sp³-hybridized carbons (Fsp3) is 0. The van der Waals surface area contributed by atoms with Crippen LogP contribution in [-0.2, 0) is 0 Å². The van der Waals surface area contributed by atoms with E-state index in [0.717, 1.165) is 17.1 Å². The topological polar surface area (TPSA) is 3.24 Å². The Balaban J connectivity index is 1.27. The molecule has 0 fully saturated rings. The second kappa shape index (κ2) is 12.0. The summed E-state index contributed by atoms with van der Waals surface area (Å²) < 4.78 is 2.60. The molecule has 0 spiro atoms. The lowest BCUT2D eigenvalue weighted by molar-refractivity contribution is 1.29. The Bertz CT molecular complexity index is 2550. The fourth-order valence-electron chi connectivity index (χ4n) is 6.84. The molecule has 1 nitrogen and oxygen atoms in total. The predicted octanol–water partition coefficient (Wildman–Crippen LogP) is 13.7. The first-order valence-corrected chi connectivity index (χ1v) is 17.2. The van der Waals surface area contributed by atoms with Gasteiger partial charge in [-0.2, -0.15) is 0 Å². The monoisotopic (exact) mass is 629 g/mol. The molecule has 0 atom stereocenters. The van der Waals surface area contributed by atoms with Crippen molar-refractivity contribution >= 4 is 59.3 Å². The lowest BCUT2D eigenvalue weighted by Gasteiger charge is -2.29. The summed E-state index contributed by atoms with van der Waals surface area (Å²) >= 11 is 1.86. The number of benzene rings is 8. The van der Waals surface area contributed by atoms with E-state index in [9.17, 15) is 0 Å². The van der Waals surface area contributed by atoms with Gasteiger partial charge in [0.25, 0.3) is 0 Å². The highest BCUT2D eigenvalue weighted by Gasteiger charge is 2.20. The molecule has 1 aromatic heterocycles. The third kappa shape index (κ3) is 5.13. The molecular formula is C46H31NS. The molecule has 0 saturated carbocycles. The number of fused-ring (bicyclic) bond motifs is 4. The van der Waals surface area contributed by atoms with Gasteiger partial charge in [0.1, 0.15) is 0 Å². The predicted molar refractivity (Wildman–Crippen MR) is 208 cm³/mol. The molecule has 8 aromatic carbocycles. The number of nitrogens with zero attached hydrogens (tertiary/aromatic N) is 1. The van der Waals surface area contributed by atoms with E-state index in [-0.39, 0.29) is 0 Å². The van der Waals surface area contributed by atoms with E-state index in [1.807, 2.05) is 11.3 Å². The zero-order valence-corrected chi connectivity index (χ0v) is 27.1. The zero-order chi connectivity index (χ0) is 31.9. The second-order valence-electron chi connectivity index (χ2n) is 12.2. The molecule has 226 valence electrons. The Morgan fingerprint density at radius 2 is 0.917 bits per heavy atom. The molecule has 0 radical (unpaired) electrons. The van der Waals surface area contributed by atoms with E-state index >= 15 is 0 Å². The van der Waals surface area contributed by atoms with Crippen molar-refractivity contribution in [1.82, 2.24) is 0 Å². The maximum absolute atomic E-state index is 2.44. The summed E-state index contributed by atoms with van der Waals surface area (Å²) in [6.45, 7) is 0. The molecule has 0 amide bonds.